The van der Waals surface area contributed by atoms with E-state index in [-0.39, 0.29) is 5.56 Å². The van der Waals surface area contributed by atoms with Gasteiger partial charge in [0.1, 0.15) is 16.2 Å². The topological polar surface area (TPSA) is 72.2 Å². The third-order valence-corrected chi connectivity index (χ3v) is 5.03. The molecule has 5 nitrogen and oxygen atoms in total. The van der Waals surface area contributed by atoms with Crippen LogP contribution in [0.2, 0.25) is 0 Å². The lowest BCUT2D eigenvalue weighted by molar-refractivity contribution is -0.146. The Bertz CT molecular complexity index is 971. The number of hydrogen-bond acceptors (Lipinski definition) is 4. The number of nitrogens with zero attached hydrogens (tertiary/aromatic N) is 2. The van der Waals surface area contributed by atoms with E-state index in [2.05, 4.69) is 4.98 Å². The van der Waals surface area contributed by atoms with Gasteiger partial charge in [0.15, 0.2) is 0 Å². The van der Waals surface area contributed by atoms with Gasteiger partial charge in [-0.2, -0.15) is 0 Å². The summed E-state index contributed by atoms with van der Waals surface area (Å²) in [5, 5.41) is 12.0. The molecule has 0 amide bonds. The molecule has 24 heavy (non-hydrogen) atoms. The summed E-state index contributed by atoms with van der Waals surface area (Å²) < 4.78 is 1.32. The molecule has 0 saturated carbocycles. The first-order valence-corrected chi connectivity index (χ1v) is 8.58. The van der Waals surface area contributed by atoms with Crippen molar-refractivity contribution in [2.24, 2.45) is 0 Å². The van der Waals surface area contributed by atoms with E-state index in [1.165, 1.54) is 29.8 Å². The summed E-state index contributed by atoms with van der Waals surface area (Å²) >= 11 is 1.41. The zero-order valence-corrected chi connectivity index (χ0v) is 14.6. The van der Waals surface area contributed by atoms with Crippen molar-refractivity contribution in [3.05, 3.63) is 51.9 Å². The Morgan fingerprint density at radius 2 is 1.96 bits per heavy atom. The zero-order valence-electron chi connectivity index (χ0n) is 13.7. The predicted octanol–water partition coefficient (Wildman–Crippen LogP) is 3.51. The fourth-order valence-electron chi connectivity index (χ4n) is 2.77. The van der Waals surface area contributed by atoms with Gasteiger partial charge in [-0.25, -0.2) is 9.78 Å². The summed E-state index contributed by atoms with van der Waals surface area (Å²) in [6, 6.07) is 9.60. The molecule has 0 aliphatic heterocycles. The van der Waals surface area contributed by atoms with E-state index in [4.69, 9.17) is 0 Å². The quantitative estimate of drug-likeness (QED) is 0.787. The normalized spacial score (nSPS) is 11.8. The largest absolute Gasteiger partial charge is 0.480 e. The molecule has 1 N–H and O–H groups in total. The third-order valence-electron chi connectivity index (χ3n) is 4.16. The molecule has 0 aliphatic rings. The number of aryl methyl sites for hydroxylation is 1. The van der Waals surface area contributed by atoms with E-state index in [1.807, 2.05) is 42.6 Å². The highest BCUT2D eigenvalue weighted by atomic mass is 32.1. The number of carboxylic acid groups (broad SMARTS) is 1. The van der Waals surface area contributed by atoms with Gasteiger partial charge in [-0.1, -0.05) is 37.3 Å². The van der Waals surface area contributed by atoms with E-state index in [0.29, 0.717) is 22.5 Å². The molecule has 2 heterocycles. The molecule has 0 aliphatic carbocycles. The van der Waals surface area contributed by atoms with Crippen LogP contribution in [0.25, 0.3) is 21.3 Å². The molecule has 6 heteroatoms. The maximum Gasteiger partial charge on any atom is 0.329 e. The number of aromatic nitrogens is 2. The van der Waals surface area contributed by atoms with Gasteiger partial charge in [-0.15, -0.1) is 11.3 Å². The van der Waals surface area contributed by atoms with Crippen LogP contribution in [0, 0.1) is 0 Å². The number of carbonyl (C=O) groups is 1. The molecular formula is C18H18N2O3S. The minimum absolute atomic E-state index is 0.302. The van der Waals surface area contributed by atoms with Crippen LogP contribution in [0.1, 0.15) is 26.6 Å². The molecule has 3 aromatic rings. The average Bonchev–Trinajstić information content (AvgIpc) is 2.99. The summed E-state index contributed by atoms with van der Waals surface area (Å²) in [6.07, 6.45) is 0.487. The Labute approximate surface area is 143 Å². The molecule has 0 saturated heterocycles. The van der Waals surface area contributed by atoms with E-state index < -0.39 is 11.5 Å². The summed E-state index contributed by atoms with van der Waals surface area (Å²) in [7, 11) is 0. The Hall–Kier alpha value is -2.47. The van der Waals surface area contributed by atoms with E-state index in [0.717, 1.165) is 11.1 Å². The molecule has 0 fully saturated rings. The summed E-state index contributed by atoms with van der Waals surface area (Å²) in [4.78, 5) is 30.1. The summed E-state index contributed by atoms with van der Waals surface area (Å²) in [6.45, 7) is 4.92. The highest BCUT2D eigenvalue weighted by Gasteiger charge is 2.34. The summed E-state index contributed by atoms with van der Waals surface area (Å²) in [5.74, 6) is -0.571. The molecule has 0 bridgehead atoms. The lowest BCUT2D eigenvalue weighted by atomic mass is 10.0. The van der Waals surface area contributed by atoms with Gasteiger partial charge in [0.25, 0.3) is 5.56 Å². The Morgan fingerprint density at radius 3 is 2.54 bits per heavy atom. The van der Waals surface area contributed by atoms with Crippen molar-refractivity contribution >= 4 is 27.5 Å². The Morgan fingerprint density at radius 1 is 1.29 bits per heavy atom. The van der Waals surface area contributed by atoms with Crippen LogP contribution in [-0.2, 0) is 16.8 Å². The molecule has 2 aromatic heterocycles. The lowest BCUT2D eigenvalue weighted by Crippen LogP contribution is -2.44. The van der Waals surface area contributed by atoms with Gasteiger partial charge in [-0.05, 0) is 19.4 Å². The second-order valence-electron chi connectivity index (χ2n) is 6.08. The van der Waals surface area contributed by atoms with Crippen molar-refractivity contribution in [2.45, 2.75) is 32.7 Å². The molecule has 1 aromatic carbocycles. The second kappa shape index (κ2) is 5.87. The Kier molecular flexibility index (Phi) is 4.01. The van der Waals surface area contributed by atoms with E-state index in [9.17, 15) is 14.7 Å². The number of thiophene rings is 1. The maximum atomic E-state index is 13.2. The SMILES string of the molecule is CCc1nc2scc(-c3ccccc3)c2c(=O)n1C(C)(C)C(=O)O. The first-order valence-electron chi connectivity index (χ1n) is 7.70. The predicted molar refractivity (Wildman–Crippen MR) is 95.7 cm³/mol. The van der Waals surface area contributed by atoms with E-state index in [1.54, 1.807) is 0 Å². The standard InChI is InChI=1S/C18H18N2O3S/c1-4-13-19-15-14(16(21)20(13)18(2,3)17(22)23)12(10-24-15)11-8-6-5-7-9-11/h5-10H,4H2,1-3H3,(H,22,23). The van der Waals surface area contributed by atoms with Gasteiger partial charge in [-0.3, -0.25) is 9.36 Å². The van der Waals surface area contributed by atoms with Crippen molar-refractivity contribution in [3.63, 3.8) is 0 Å². The molecule has 0 spiro atoms. The minimum atomic E-state index is -1.36. The number of hydrogen-bond donors (Lipinski definition) is 1. The van der Waals surface area contributed by atoms with Crippen LogP contribution in [0.15, 0.2) is 40.5 Å². The molecule has 0 atom stereocenters. The van der Waals surface area contributed by atoms with Crippen LogP contribution in [0.4, 0.5) is 0 Å². The van der Waals surface area contributed by atoms with Gasteiger partial charge in [0, 0.05) is 17.4 Å². The van der Waals surface area contributed by atoms with Crippen molar-refractivity contribution < 1.29 is 9.90 Å². The molecule has 0 unspecified atom stereocenters. The molecule has 124 valence electrons. The van der Waals surface area contributed by atoms with E-state index >= 15 is 0 Å². The minimum Gasteiger partial charge on any atom is -0.480 e. The summed E-state index contributed by atoms with van der Waals surface area (Å²) in [5.41, 5.74) is 0.0566. The van der Waals surface area contributed by atoms with Crippen molar-refractivity contribution in [2.75, 3.05) is 0 Å². The smallest absolute Gasteiger partial charge is 0.329 e. The van der Waals surface area contributed by atoms with Crippen LogP contribution >= 0.6 is 11.3 Å². The lowest BCUT2D eigenvalue weighted by Gasteiger charge is -2.25. The van der Waals surface area contributed by atoms with Crippen LogP contribution < -0.4 is 5.56 Å². The number of aliphatic carboxylic acids is 1. The highest BCUT2D eigenvalue weighted by Crippen LogP contribution is 2.31. The number of benzene rings is 1. The highest BCUT2D eigenvalue weighted by molar-refractivity contribution is 7.17. The molecule has 0 radical (unpaired) electrons. The van der Waals surface area contributed by atoms with Crippen molar-refractivity contribution in [1.82, 2.24) is 9.55 Å². The maximum absolute atomic E-state index is 13.2. The second-order valence-corrected chi connectivity index (χ2v) is 6.94. The fraction of sp³-hybridized carbons (Fsp3) is 0.278. The van der Waals surface area contributed by atoms with Gasteiger partial charge in [0.2, 0.25) is 0 Å². The van der Waals surface area contributed by atoms with Gasteiger partial charge >= 0.3 is 5.97 Å². The first-order chi connectivity index (χ1) is 11.4. The molecule has 3 rings (SSSR count). The number of carboxylic acids is 1. The number of rotatable bonds is 4. The van der Waals surface area contributed by atoms with Crippen molar-refractivity contribution in [1.29, 1.82) is 0 Å². The van der Waals surface area contributed by atoms with Crippen molar-refractivity contribution in [3.8, 4) is 11.1 Å². The number of fused-ring (bicyclic) bond motifs is 1. The monoisotopic (exact) mass is 342 g/mol. The van der Waals surface area contributed by atoms with Gasteiger partial charge < -0.3 is 5.11 Å². The fourth-order valence-corrected chi connectivity index (χ4v) is 3.73. The van der Waals surface area contributed by atoms with Gasteiger partial charge in [0.05, 0.1) is 5.39 Å². The average molecular weight is 342 g/mol. The van der Waals surface area contributed by atoms with Crippen LogP contribution in [-0.4, -0.2) is 20.6 Å². The first kappa shape index (κ1) is 16.4. The Balaban J connectivity index is 2.40. The van der Waals surface area contributed by atoms with Crippen LogP contribution in [0.5, 0.6) is 0 Å². The zero-order chi connectivity index (χ0) is 17.5. The van der Waals surface area contributed by atoms with Crippen LogP contribution in [0.3, 0.4) is 0 Å². The third kappa shape index (κ3) is 2.43. The molecular weight excluding hydrogens is 324 g/mol.